The topological polar surface area (TPSA) is 121 Å². The molecule has 0 saturated carbocycles. The number of alkyl halides is 2. The van der Waals surface area contributed by atoms with Crippen LogP contribution >= 0.6 is 23.2 Å². The van der Waals surface area contributed by atoms with Crippen LogP contribution in [-0.4, -0.2) is 24.1 Å². The molecule has 30 heavy (non-hydrogen) atoms. The zero-order chi connectivity index (χ0) is 22.2. The molecule has 0 radical (unpaired) electrons. The normalized spacial score (nSPS) is 12.9. The van der Waals surface area contributed by atoms with Gasteiger partial charge in [0.15, 0.2) is 0 Å². The van der Waals surface area contributed by atoms with E-state index in [-0.39, 0.29) is 32.3 Å². The SMILES string of the molecule is NC(=O)C(c1ccc(-c2cnn(C(F)F)c2)c(S(N)(=O)=O)c1)c1cccc(Cl)c1Cl. The van der Waals surface area contributed by atoms with Gasteiger partial charge < -0.3 is 5.73 Å². The standard InChI is InChI=1S/C18H14Cl2F2N4O3S/c19-13-3-1-2-12(16(13)20)15(17(23)27)9-4-5-11(14(6-9)30(24,28)29)10-7-25-26(8-10)18(21)22/h1-8,15,18H,(H2,23,27)(H2,24,28,29). The molecular formula is C18H14Cl2F2N4O3S. The highest BCUT2D eigenvalue weighted by molar-refractivity contribution is 7.89. The summed E-state index contributed by atoms with van der Waals surface area (Å²) >= 11 is 12.2. The molecule has 7 nitrogen and oxygen atoms in total. The highest BCUT2D eigenvalue weighted by atomic mass is 35.5. The molecule has 2 aromatic carbocycles. The van der Waals surface area contributed by atoms with Crippen LogP contribution < -0.4 is 10.9 Å². The summed E-state index contributed by atoms with van der Waals surface area (Å²) in [6, 6.07) is 8.52. The molecule has 0 aliphatic heterocycles. The van der Waals surface area contributed by atoms with Gasteiger partial charge in [-0.2, -0.15) is 13.9 Å². The number of sulfonamides is 1. The maximum absolute atomic E-state index is 12.8. The Bertz CT molecular complexity index is 1230. The third-order valence-electron chi connectivity index (χ3n) is 4.34. The van der Waals surface area contributed by atoms with Crippen LogP contribution in [0.15, 0.2) is 53.7 Å². The van der Waals surface area contributed by atoms with Gasteiger partial charge in [-0.15, -0.1) is 0 Å². The van der Waals surface area contributed by atoms with Crippen molar-refractivity contribution in [3.8, 4) is 11.1 Å². The van der Waals surface area contributed by atoms with Crippen molar-refractivity contribution in [2.24, 2.45) is 10.9 Å². The first-order valence-electron chi connectivity index (χ1n) is 8.23. The van der Waals surface area contributed by atoms with Gasteiger partial charge in [0.25, 0.3) is 0 Å². The molecule has 0 aliphatic carbocycles. The molecule has 3 aromatic rings. The van der Waals surface area contributed by atoms with E-state index in [4.69, 9.17) is 34.1 Å². The number of aromatic nitrogens is 2. The third-order valence-corrected chi connectivity index (χ3v) is 6.12. The van der Waals surface area contributed by atoms with Crippen LogP contribution in [-0.2, 0) is 14.8 Å². The number of hydrogen-bond donors (Lipinski definition) is 2. The Balaban J connectivity index is 2.21. The average molecular weight is 475 g/mol. The molecular weight excluding hydrogens is 461 g/mol. The Morgan fingerprint density at radius 1 is 1.17 bits per heavy atom. The maximum Gasteiger partial charge on any atom is 0.333 e. The van der Waals surface area contributed by atoms with E-state index in [2.05, 4.69) is 5.10 Å². The monoisotopic (exact) mass is 474 g/mol. The number of rotatable bonds is 6. The first-order chi connectivity index (χ1) is 14.0. The van der Waals surface area contributed by atoms with Crippen molar-refractivity contribution in [2.75, 3.05) is 0 Å². The molecule has 3 rings (SSSR count). The maximum atomic E-state index is 12.8. The summed E-state index contributed by atoms with van der Waals surface area (Å²) in [6.45, 7) is -2.90. The zero-order valence-corrected chi connectivity index (χ0v) is 17.3. The molecule has 4 N–H and O–H groups in total. The lowest BCUT2D eigenvalue weighted by Gasteiger charge is -2.18. The van der Waals surface area contributed by atoms with Crippen LogP contribution in [0.4, 0.5) is 8.78 Å². The fraction of sp³-hybridized carbons (Fsp3) is 0.111. The van der Waals surface area contributed by atoms with Crippen molar-refractivity contribution < 1.29 is 22.0 Å². The average Bonchev–Trinajstić information content (AvgIpc) is 3.15. The summed E-state index contributed by atoms with van der Waals surface area (Å²) in [4.78, 5) is 11.8. The molecule has 1 unspecified atom stereocenters. The molecule has 0 fully saturated rings. The minimum absolute atomic E-state index is 0.0357. The second-order valence-electron chi connectivity index (χ2n) is 6.27. The van der Waals surface area contributed by atoms with Gasteiger partial charge in [0.05, 0.1) is 27.1 Å². The molecule has 12 heteroatoms. The summed E-state index contributed by atoms with van der Waals surface area (Å²) < 4.78 is 50.4. The van der Waals surface area contributed by atoms with Crippen LogP contribution in [0.25, 0.3) is 11.1 Å². The number of primary sulfonamides is 1. The van der Waals surface area contributed by atoms with Gasteiger partial charge in [0, 0.05) is 17.3 Å². The van der Waals surface area contributed by atoms with E-state index in [0.29, 0.717) is 4.68 Å². The molecule has 1 aromatic heterocycles. The summed E-state index contributed by atoms with van der Waals surface area (Å²) in [7, 11) is -4.31. The van der Waals surface area contributed by atoms with Crippen molar-refractivity contribution in [2.45, 2.75) is 17.4 Å². The van der Waals surface area contributed by atoms with E-state index in [1.165, 1.54) is 24.3 Å². The van der Waals surface area contributed by atoms with Crippen molar-refractivity contribution in [1.29, 1.82) is 0 Å². The van der Waals surface area contributed by atoms with Gasteiger partial charge >= 0.3 is 6.55 Å². The number of benzene rings is 2. The predicted molar refractivity (Wildman–Crippen MR) is 108 cm³/mol. The minimum Gasteiger partial charge on any atom is -0.369 e. The van der Waals surface area contributed by atoms with Gasteiger partial charge in [-0.3, -0.25) is 4.79 Å². The van der Waals surface area contributed by atoms with Gasteiger partial charge in [0.2, 0.25) is 15.9 Å². The van der Waals surface area contributed by atoms with E-state index in [0.717, 1.165) is 18.5 Å². The Morgan fingerprint density at radius 3 is 2.43 bits per heavy atom. The van der Waals surface area contributed by atoms with Crippen LogP contribution in [0.1, 0.15) is 23.6 Å². The minimum atomic E-state index is -4.31. The summed E-state index contributed by atoms with van der Waals surface area (Å²) in [6.07, 6.45) is 2.06. The lowest BCUT2D eigenvalue weighted by molar-refractivity contribution is -0.118. The lowest BCUT2D eigenvalue weighted by atomic mass is 9.89. The number of primary amides is 1. The van der Waals surface area contributed by atoms with Crippen LogP contribution in [0.5, 0.6) is 0 Å². The highest BCUT2D eigenvalue weighted by Gasteiger charge is 2.27. The molecule has 0 bridgehead atoms. The summed E-state index contributed by atoms with van der Waals surface area (Å²) in [5.41, 5.74) is 6.14. The number of hydrogen-bond acceptors (Lipinski definition) is 4. The Kier molecular flexibility index (Phi) is 6.14. The highest BCUT2D eigenvalue weighted by Crippen LogP contribution is 2.37. The quantitative estimate of drug-likeness (QED) is 0.567. The molecule has 0 spiro atoms. The molecule has 0 saturated heterocycles. The van der Waals surface area contributed by atoms with Crippen molar-refractivity contribution >= 4 is 39.1 Å². The fourth-order valence-electron chi connectivity index (χ4n) is 3.02. The smallest absolute Gasteiger partial charge is 0.333 e. The number of carbonyl (C=O) groups is 1. The van der Waals surface area contributed by atoms with Gasteiger partial charge in [0.1, 0.15) is 0 Å². The van der Waals surface area contributed by atoms with Crippen LogP contribution in [0.2, 0.25) is 10.0 Å². The van der Waals surface area contributed by atoms with Crippen molar-refractivity contribution in [3.05, 3.63) is 70.0 Å². The van der Waals surface area contributed by atoms with Gasteiger partial charge in [-0.05, 0) is 23.3 Å². The second kappa shape index (κ2) is 8.31. The van der Waals surface area contributed by atoms with Gasteiger partial charge in [-0.1, -0.05) is 47.5 Å². The zero-order valence-electron chi connectivity index (χ0n) is 15.0. The lowest BCUT2D eigenvalue weighted by Crippen LogP contribution is -2.23. The Morgan fingerprint density at radius 2 is 1.87 bits per heavy atom. The van der Waals surface area contributed by atoms with Crippen LogP contribution in [0, 0.1) is 0 Å². The second-order valence-corrected chi connectivity index (χ2v) is 8.58. The largest absolute Gasteiger partial charge is 0.369 e. The molecule has 158 valence electrons. The van der Waals surface area contributed by atoms with Crippen molar-refractivity contribution in [3.63, 3.8) is 0 Å². The van der Waals surface area contributed by atoms with Crippen molar-refractivity contribution in [1.82, 2.24) is 9.78 Å². The van der Waals surface area contributed by atoms with E-state index in [1.807, 2.05) is 0 Å². The van der Waals surface area contributed by atoms with E-state index in [1.54, 1.807) is 6.07 Å². The fourth-order valence-corrected chi connectivity index (χ4v) is 4.23. The first-order valence-corrected chi connectivity index (χ1v) is 10.5. The molecule has 1 heterocycles. The molecule has 1 amide bonds. The number of nitrogens with two attached hydrogens (primary N) is 2. The van der Waals surface area contributed by atoms with Gasteiger partial charge in [-0.25, -0.2) is 18.2 Å². The Hall–Kier alpha value is -2.53. The predicted octanol–water partition coefficient (Wildman–Crippen LogP) is 3.52. The summed E-state index contributed by atoms with van der Waals surface area (Å²) in [5.74, 6) is -1.94. The molecule has 1 atom stereocenters. The third kappa shape index (κ3) is 4.31. The van der Waals surface area contributed by atoms with E-state index >= 15 is 0 Å². The van der Waals surface area contributed by atoms with E-state index < -0.39 is 33.3 Å². The Labute approximate surface area is 180 Å². The number of amides is 1. The summed E-state index contributed by atoms with van der Waals surface area (Å²) in [5, 5.41) is 9.10. The van der Waals surface area contributed by atoms with E-state index in [9.17, 15) is 22.0 Å². The molecule has 0 aliphatic rings. The van der Waals surface area contributed by atoms with Crippen LogP contribution in [0.3, 0.4) is 0 Å². The first kappa shape index (κ1) is 22.2. The number of carbonyl (C=O) groups excluding carboxylic acids is 1. The number of nitrogens with zero attached hydrogens (tertiary/aromatic N) is 2. The number of halogens is 4.